The minimum atomic E-state index is -0.112. The largest absolute Gasteiger partial charge is 0.341 e. The molecule has 1 aromatic heterocycles. The first kappa shape index (κ1) is 10.7. The first-order chi connectivity index (χ1) is 7.24. The molecule has 1 fully saturated rings. The minimum absolute atomic E-state index is 0.0891. The molecule has 1 saturated carbocycles. The number of rotatable bonds is 2. The summed E-state index contributed by atoms with van der Waals surface area (Å²) in [5.74, 6) is 0. The van der Waals surface area contributed by atoms with Gasteiger partial charge in [-0.15, -0.1) is 0 Å². The van der Waals surface area contributed by atoms with E-state index in [-0.39, 0.29) is 16.6 Å². The van der Waals surface area contributed by atoms with E-state index >= 15 is 0 Å². The maximum absolute atomic E-state index is 11.9. The smallest absolute Gasteiger partial charge is 0.255 e. The second-order valence-corrected chi connectivity index (χ2v) is 4.97. The van der Waals surface area contributed by atoms with Crippen LogP contribution in [0, 0.1) is 0 Å². The number of hydrogen-bond donors (Lipinski definition) is 0. The van der Waals surface area contributed by atoms with Crippen LogP contribution in [0.5, 0.6) is 0 Å². The molecule has 0 N–H and O–H groups in total. The molecule has 1 heterocycles. The topological polar surface area (TPSA) is 44.0 Å². The Morgan fingerprint density at radius 1 is 1.27 bits per heavy atom. The fourth-order valence-electron chi connectivity index (χ4n) is 2.22. The van der Waals surface area contributed by atoms with Crippen molar-refractivity contribution in [2.24, 2.45) is 0 Å². The van der Waals surface area contributed by atoms with Crippen molar-refractivity contribution < 1.29 is 0 Å². The zero-order chi connectivity index (χ0) is 10.8. The van der Waals surface area contributed by atoms with Crippen molar-refractivity contribution in [2.45, 2.75) is 51.6 Å². The van der Waals surface area contributed by atoms with Crippen LogP contribution >= 0.6 is 11.5 Å². The summed E-state index contributed by atoms with van der Waals surface area (Å²) in [6.45, 7) is 2.49. The van der Waals surface area contributed by atoms with E-state index in [1.165, 1.54) is 14.9 Å². The second-order valence-electron chi connectivity index (χ2n) is 4.00. The van der Waals surface area contributed by atoms with Gasteiger partial charge in [0, 0.05) is 24.1 Å². The highest BCUT2D eigenvalue weighted by Crippen LogP contribution is 2.25. The van der Waals surface area contributed by atoms with E-state index < -0.39 is 0 Å². The fraction of sp³-hybridized carbons (Fsp3) is 0.800. The Hall–Kier alpha value is -0.840. The number of aryl methyl sites for hydroxylation is 1. The van der Waals surface area contributed by atoms with Crippen molar-refractivity contribution in [1.29, 1.82) is 0 Å². The monoisotopic (exact) mass is 228 g/mol. The molecule has 0 aromatic carbocycles. The Bertz CT molecular complexity index is 437. The second kappa shape index (κ2) is 4.35. The van der Waals surface area contributed by atoms with Crippen molar-refractivity contribution in [3.8, 4) is 0 Å². The summed E-state index contributed by atoms with van der Waals surface area (Å²) in [5.41, 5.74) is -0.112. The van der Waals surface area contributed by atoms with Gasteiger partial charge in [-0.25, -0.2) is 13.3 Å². The predicted molar refractivity (Wildman–Crippen MR) is 60.6 cm³/mol. The minimum Gasteiger partial charge on any atom is -0.255 e. The van der Waals surface area contributed by atoms with Crippen molar-refractivity contribution >= 4 is 11.5 Å². The molecule has 0 amide bonds. The molecule has 84 valence electrons. The highest BCUT2D eigenvalue weighted by molar-refractivity contribution is 7.03. The Labute approximate surface area is 92.3 Å². The average Bonchev–Trinajstić information content (AvgIpc) is 2.55. The van der Waals surface area contributed by atoms with Gasteiger partial charge in [-0.2, -0.15) is 0 Å². The Kier molecular flexibility index (Phi) is 3.09. The molecule has 0 atom stereocenters. The third kappa shape index (κ3) is 1.93. The number of nitrogens with zero attached hydrogens (tertiary/aromatic N) is 2. The Morgan fingerprint density at radius 2 is 1.93 bits per heavy atom. The lowest BCUT2D eigenvalue weighted by atomic mass is 9.95. The van der Waals surface area contributed by atoms with Crippen LogP contribution in [0.2, 0.25) is 0 Å². The van der Waals surface area contributed by atoms with E-state index in [0.29, 0.717) is 6.54 Å². The SMILES string of the molecule is CCn1sc(=O)n(C2CCCCC2)c1=O. The number of hydrogen-bond acceptors (Lipinski definition) is 3. The molecule has 1 aliphatic carbocycles. The maximum Gasteiger partial charge on any atom is 0.341 e. The molecule has 15 heavy (non-hydrogen) atoms. The van der Waals surface area contributed by atoms with E-state index in [0.717, 1.165) is 37.2 Å². The van der Waals surface area contributed by atoms with E-state index in [4.69, 9.17) is 0 Å². The highest BCUT2D eigenvalue weighted by atomic mass is 32.1. The summed E-state index contributed by atoms with van der Waals surface area (Å²) in [5, 5.41) is 0. The van der Waals surface area contributed by atoms with E-state index in [1.807, 2.05) is 6.92 Å². The zero-order valence-corrected chi connectivity index (χ0v) is 9.76. The quantitative estimate of drug-likeness (QED) is 0.771. The zero-order valence-electron chi connectivity index (χ0n) is 8.94. The van der Waals surface area contributed by atoms with Crippen LogP contribution in [0.25, 0.3) is 0 Å². The van der Waals surface area contributed by atoms with Gasteiger partial charge in [0.25, 0.3) is 0 Å². The van der Waals surface area contributed by atoms with Gasteiger partial charge in [-0.3, -0.25) is 4.79 Å². The van der Waals surface area contributed by atoms with E-state index in [1.54, 1.807) is 0 Å². The lowest BCUT2D eigenvalue weighted by molar-refractivity contribution is 0.339. The van der Waals surface area contributed by atoms with Gasteiger partial charge in [0.1, 0.15) is 0 Å². The van der Waals surface area contributed by atoms with Gasteiger partial charge in [0.05, 0.1) is 0 Å². The fourth-order valence-corrected chi connectivity index (χ4v) is 3.02. The molecule has 0 aliphatic heterocycles. The van der Waals surface area contributed by atoms with Crippen molar-refractivity contribution in [1.82, 2.24) is 8.52 Å². The summed E-state index contributed by atoms with van der Waals surface area (Å²) >= 11 is 1.05. The molecule has 5 heteroatoms. The molecule has 4 nitrogen and oxygen atoms in total. The van der Waals surface area contributed by atoms with Crippen LogP contribution in [0.15, 0.2) is 9.59 Å². The molecule has 1 aromatic rings. The van der Waals surface area contributed by atoms with E-state index in [2.05, 4.69) is 0 Å². The van der Waals surface area contributed by atoms with Crippen LogP contribution in [0.1, 0.15) is 45.1 Å². The summed E-state index contributed by atoms with van der Waals surface area (Å²) in [6.07, 6.45) is 5.47. The summed E-state index contributed by atoms with van der Waals surface area (Å²) in [7, 11) is 0. The van der Waals surface area contributed by atoms with Crippen LogP contribution in [-0.4, -0.2) is 8.52 Å². The molecule has 2 rings (SSSR count). The van der Waals surface area contributed by atoms with Crippen molar-refractivity contribution in [3.63, 3.8) is 0 Å². The molecule has 0 radical (unpaired) electrons. The maximum atomic E-state index is 11.9. The molecule has 0 spiro atoms. The predicted octanol–water partition coefficient (Wildman–Crippen LogP) is 1.60. The van der Waals surface area contributed by atoms with Crippen LogP contribution in [0.4, 0.5) is 0 Å². The Balaban J connectivity index is 2.38. The van der Waals surface area contributed by atoms with Gasteiger partial charge in [0.15, 0.2) is 0 Å². The van der Waals surface area contributed by atoms with E-state index in [9.17, 15) is 9.59 Å². The third-order valence-electron chi connectivity index (χ3n) is 3.03. The highest BCUT2D eigenvalue weighted by Gasteiger charge is 2.20. The van der Waals surface area contributed by atoms with Gasteiger partial charge < -0.3 is 0 Å². The molecule has 0 bridgehead atoms. The van der Waals surface area contributed by atoms with Gasteiger partial charge in [-0.1, -0.05) is 19.3 Å². The molecular weight excluding hydrogens is 212 g/mol. The lowest BCUT2D eigenvalue weighted by Crippen LogP contribution is -2.33. The first-order valence-corrected chi connectivity index (χ1v) is 6.34. The summed E-state index contributed by atoms with van der Waals surface area (Å²) in [4.78, 5) is 23.4. The first-order valence-electron chi connectivity index (χ1n) is 5.56. The normalized spacial score (nSPS) is 18.2. The molecule has 0 unspecified atom stereocenters. The van der Waals surface area contributed by atoms with Crippen LogP contribution in [0.3, 0.4) is 0 Å². The Morgan fingerprint density at radius 3 is 2.47 bits per heavy atom. The molecular formula is C10H16N2O2S. The average molecular weight is 228 g/mol. The standard InChI is InChI=1S/C10H16N2O2S/c1-2-11-9(13)12(10(14)15-11)8-6-4-3-5-7-8/h8H,2-7H2,1H3. The number of aromatic nitrogens is 2. The lowest BCUT2D eigenvalue weighted by Gasteiger charge is -2.20. The van der Waals surface area contributed by atoms with Gasteiger partial charge in [0.2, 0.25) is 0 Å². The van der Waals surface area contributed by atoms with Crippen LogP contribution in [-0.2, 0) is 6.54 Å². The molecule has 1 aliphatic rings. The van der Waals surface area contributed by atoms with Crippen molar-refractivity contribution in [3.05, 3.63) is 20.2 Å². The van der Waals surface area contributed by atoms with Crippen LogP contribution < -0.4 is 10.6 Å². The molecule has 0 saturated heterocycles. The summed E-state index contributed by atoms with van der Waals surface area (Å²) < 4.78 is 3.00. The van der Waals surface area contributed by atoms with Gasteiger partial charge in [-0.05, 0) is 19.8 Å². The van der Waals surface area contributed by atoms with Crippen molar-refractivity contribution in [2.75, 3.05) is 0 Å². The third-order valence-corrected chi connectivity index (χ3v) is 4.02. The van der Waals surface area contributed by atoms with Gasteiger partial charge >= 0.3 is 10.6 Å². The summed E-state index contributed by atoms with van der Waals surface area (Å²) in [6, 6.07) is 0.155.